The fourth-order valence-corrected chi connectivity index (χ4v) is 2.96. The van der Waals surface area contributed by atoms with Gasteiger partial charge >= 0.3 is 6.03 Å². The van der Waals surface area contributed by atoms with E-state index in [4.69, 9.17) is 0 Å². The Morgan fingerprint density at radius 2 is 2.14 bits per heavy atom. The summed E-state index contributed by atoms with van der Waals surface area (Å²) in [5.41, 5.74) is 0.809. The predicted octanol–water partition coefficient (Wildman–Crippen LogP) is 2.65. The number of halogens is 1. The van der Waals surface area contributed by atoms with Crippen LogP contribution in [0.2, 0.25) is 0 Å². The van der Waals surface area contributed by atoms with Crippen molar-refractivity contribution in [1.82, 2.24) is 15.5 Å². The standard InChI is InChI=1S/C16H22BrN3O2/c1-16(2,3)20-10-13(8-14(20)21)19-15(22)18-9-11-5-4-6-12(17)7-11/h4-7,13H,8-10H2,1-3H3,(H2,18,19,22). The van der Waals surface area contributed by atoms with E-state index in [1.807, 2.05) is 49.9 Å². The molecule has 120 valence electrons. The number of benzene rings is 1. The molecule has 0 aliphatic carbocycles. The SMILES string of the molecule is CC(C)(C)N1CC(NC(=O)NCc2cccc(Br)c2)CC1=O. The van der Waals surface area contributed by atoms with Gasteiger partial charge in [-0.1, -0.05) is 28.1 Å². The van der Waals surface area contributed by atoms with Gasteiger partial charge in [0.25, 0.3) is 0 Å². The second kappa shape index (κ2) is 6.69. The molecule has 1 heterocycles. The fraction of sp³-hybridized carbons (Fsp3) is 0.500. The summed E-state index contributed by atoms with van der Waals surface area (Å²) in [6.45, 7) is 7.02. The molecule has 1 saturated heterocycles. The molecule has 0 spiro atoms. The molecule has 3 amide bonds. The Morgan fingerprint density at radius 1 is 1.41 bits per heavy atom. The lowest BCUT2D eigenvalue weighted by Gasteiger charge is -2.32. The van der Waals surface area contributed by atoms with Gasteiger partial charge in [0.05, 0.1) is 6.04 Å². The largest absolute Gasteiger partial charge is 0.336 e. The lowest BCUT2D eigenvalue weighted by Crippen LogP contribution is -2.46. The van der Waals surface area contributed by atoms with Gasteiger partial charge in [0.15, 0.2) is 0 Å². The van der Waals surface area contributed by atoms with Crippen molar-refractivity contribution in [2.24, 2.45) is 0 Å². The molecule has 1 aromatic carbocycles. The topological polar surface area (TPSA) is 61.4 Å². The highest BCUT2D eigenvalue weighted by atomic mass is 79.9. The molecule has 1 aliphatic rings. The van der Waals surface area contributed by atoms with Crippen LogP contribution in [-0.2, 0) is 11.3 Å². The number of nitrogens with one attached hydrogen (secondary N) is 2. The highest BCUT2D eigenvalue weighted by molar-refractivity contribution is 9.10. The predicted molar refractivity (Wildman–Crippen MR) is 89.4 cm³/mol. The van der Waals surface area contributed by atoms with E-state index in [1.54, 1.807) is 0 Å². The van der Waals surface area contributed by atoms with Crippen molar-refractivity contribution in [3.8, 4) is 0 Å². The average Bonchev–Trinajstić information content (AvgIpc) is 2.77. The third-order valence-electron chi connectivity index (χ3n) is 3.61. The summed E-state index contributed by atoms with van der Waals surface area (Å²) in [4.78, 5) is 25.7. The molecule has 0 radical (unpaired) electrons. The van der Waals surface area contributed by atoms with Crippen molar-refractivity contribution < 1.29 is 9.59 Å². The molecule has 2 rings (SSSR count). The van der Waals surface area contributed by atoms with Crippen LogP contribution in [0.25, 0.3) is 0 Å². The van der Waals surface area contributed by atoms with Crippen LogP contribution >= 0.6 is 15.9 Å². The zero-order chi connectivity index (χ0) is 16.3. The summed E-state index contributed by atoms with van der Waals surface area (Å²) in [6.07, 6.45) is 0.363. The first-order valence-corrected chi connectivity index (χ1v) is 8.14. The maximum absolute atomic E-state index is 12.0. The van der Waals surface area contributed by atoms with Crippen molar-refractivity contribution in [3.63, 3.8) is 0 Å². The Morgan fingerprint density at radius 3 is 2.73 bits per heavy atom. The molecule has 0 bridgehead atoms. The minimum absolute atomic E-state index is 0.0878. The fourth-order valence-electron chi connectivity index (χ4n) is 2.52. The summed E-state index contributed by atoms with van der Waals surface area (Å²) in [5, 5.41) is 5.69. The number of amides is 3. The molecule has 1 fully saturated rings. The summed E-state index contributed by atoms with van der Waals surface area (Å²) >= 11 is 3.40. The van der Waals surface area contributed by atoms with E-state index < -0.39 is 0 Å². The molecule has 1 unspecified atom stereocenters. The van der Waals surface area contributed by atoms with Gasteiger partial charge < -0.3 is 15.5 Å². The number of hydrogen-bond donors (Lipinski definition) is 2. The first-order chi connectivity index (χ1) is 10.3. The number of likely N-dealkylation sites (tertiary alicyclic amines) is 1. The zero-order valence-electron chi connectivity index (χ0n) is 13.1. The van der Waals surface area contributed by atoms with Crippen molar-refractivity contribution in [1.29, 1.82) is 0 Å². The highest BCUT2D eigenvalue weighted by Gasteiger charge is 2.36. The number of carbonyl (C=O) groups is 2. The Hall–Kier alpha value is -1.56. The van der Waals surface area contributed by atoms with Crippen LogP contribution in [0.15, 0.2) is 28.7 Å². The van der Waals surface area contributed by atoms with Gasteiger partial charge in [0.1, 0.15) is 0 Å². The normalized spacial score (nSPS) is 18.5. The van der Waals surface area contributed by atoms with E-state index in [1.165, 1.54) is 0 Å². The number of urea groups is 1. The molecule has 22 heavy (non-hydrogen) atoms. The van der Waals surface area contributed by atoms with Gasteiger partial charge in [-0.25, -0.2) is 4.79 Å². The summed E-state index contributed by atoms with van der Waals surface area (Å²) < 4.78 is 0.981. The minimum Gasteiger partial charge on any atom is -0.336 e. The second-order valence-electron chi connectivity index (χ2n) is 6.53. The average molecular weight is 368 g/mol. The van der Waals surface area contributed by atoms with Crippen molar-refractivity contribution >= 4 is 27.9 Å². The molecule has 0 aromatic heterocycles. The lowest BCUT2D eigenvalue weighted by molar-refractivity contribution is -0.131. The van der Waals surface area contributed by atoms with Gasteiger partial charge in [-0.15, -0.1) is 0 Å². The van der Waals surface area contributed by atoms with E-state index >= 15 is 0 Å². The summed E-state index contributed by atoms with van der Waals surface area (Å²) in [6, 6.07) is 7.40. The van der Waals surface area contributed by atoms with Gasteiger partial charge in [0, 0.05) is 29.5 Å². The van der Waals surface area contributed by atoms with E-state index in [2.05, 4.69) is 26.6 Å². The van der Waals surface area contributed by atoms with E-state index in [-0.39, 0.29) is 23.5 Å². The van der Waals surface area contributed by atoms with Crippen molar-refractivity contribution in [2.75, 3.05) is 6.54 Å². The van der Waals surface area contributed by atoms with Crippen molar-refractivity contribution in [2.45, 2.75) is 45.3 Å². The monoisotopic (exact) mass is 367 g/mol. The number of carbonyl (C=O) groups excluding carboxylic acids is 2. The Kier molecular flexibility index (Phi) is 5.11. The Bertz CT molecular complexity index is 569. The van der Waals surface area contributed by atoms with Gasteiger partial charge in [-0.05, 0) is 38.5 Å². The summed E-state index contributed by atoms with van der Waals surface area (Å²) in [5.74, 6) is 0.0878. The number of nitrogens with zero attached hydrogens (tertiary/aromatic N) is 1. The number of rotatable bonds is 3. The molecular formula is C16H22BrN3O2. The van der Waals surface area contributed by atoms with Crippen LogP contribution in [0.1, 0.15) is 32.8 Å². The Balaban J connectivity index is 1.82. The smallest absolute Gasteiger partial charge is 0.315 e. The van der Waals surface area contributed by atoms with E-state index in [9.17, 15) is 9.59 Å². The third kappa shape index (κ3) is 4.47. The zero-order valence-corrected chi connectivity index (χ0v) is 14.7. The van der Waals surface area contributed by atoms with Crippen LogP contribution in [0.5, 0.6) is 0 Å². The molecular weight excluding hydrogens is 346 g/mol. The van der Waals surface area contributed by atoms with Crippen molar-refractivity contribution in [3.05, 3.63) is 34.3 Å². The minimum atomic E-state index is -0.242. The summed E-state index contributed by atoms with van der Waals surface area (Å²) in [7, 11) is 0. The van der Waals surface area contributed by atoms with Crippen LogP contribution in [0.3, 0.4) is 0 Å². The molecule has 1 atom stereocenters. The lowest BCUT2D eigenvalue weighted by atomic mass is 10.1. The van der Waals surface area contributed by atoms with Gasteiger partial charge in [0.2, 0.25) is 5.91 Å². The molecule has 1 aromatic rings. The quantitative estimate of drug-likeness (QED) is 0.862. The van der Waals surface area contributed by atoms with Crippen LogP contribution in [0.4, 0.5) is 4.79 Å². The highest BCUT2D eigenvalue weighted by Crippen LogP contribution is 2.21. The molecule has 6 heteroatoms. The van der Waals surface area contributed by atoms with E-state index in [0.29, 0.717) is 19.5 Å². The van der Waals surface area contributed by atoms with Gasteiger partial charge in [-0.2, -0.15) is 0 Å². The molecule has 5 nitrogen and oxygen atoms in total. The third-order valence-corrected chi connectivity index (χ3v) is 4.11. The number of hydrogen-bond acceptors (Lipinski definition) is 2. The molecule has 0 saturated carbocycles. The maximum atomic E-state index is 12.0. The van der Waals surface area contributed by atoms with E-state index in [0.717, 1.165) is 10.0 Å². The second-order valence-corrected chi connectivity index (χ2v) is 7.45. The Labute approximate surface area is 139 Å². The maximum Gasteiger partial charge on any atom is 0.315 e. The first kappa shape index (κ1) is 16.8. The van der Waals surface area contributed by atoms with Crippen LogP contribution in [-0.4, -0.2) is 35.0 Å². The van der Waals surface area contributed by atoms with Crippen LogP contribution < -0.4 is 10.6 Å². The van der Waals surface area contributed by atoms with Crippen LogP contribution in [0, 0.1) is 0 Å². The first-order valence-electron chi connectivity index (χ1n) is 7.35. The van der Waals surface area contributed by atoms with Gasteiger partial charge in [-0.3, -0.25) is 4.79 Å². The molecule has 2 N–H and O–H groups in total. The molecule has 1 aliphatic heterocycles.